The van der Waals surface area contributed by atoms with E-state index in [0.29, 0.717) is 0 Å². The van der Waals surface area contributed by atoms with Crippen molar-refractivity contribution in [3.8, 4) is 5.88 Å². The first-order chi connectivity index (χ1) is 7.90. The van der Waals surface area contributed by atoms with Crippen molar-refractivity contribution < 1.29 is 5.11 Å². The van der Waals surface area contributed by atoms with Gasteiger partial charge in [-0.25, -0.2) is 4.79 Å². The van der Waals surface area contributed by atoms with E-state index in [9.17, 15) is 14.7 Å². The van der Waals surface area contributed by atoms with Gasteiger partial charge >= 0.3 is 5.69 Å². The second kappa shape index (κ2) is 4.99. The van der Waals surface area contributed by atoms with Crippen LogP contribution in [-0.4, -0.2) is 26.5 Å². The number of rotatable bonds is 3. The molecule has 0 radical (unpaired) electrons. The molecule has 1 aromatic rings. The molecule has 1 aromatic heterocycles. The Hall–Kier alpha value is -1.85. The van der Waals surface area contributed by atoms with Crippen molar-refractivity contribution in [2.24, 2.45) is 19.1 Å². The zero-order valence-electron chi connectivity index (χ0n) is 10.5. The van der Waals surface area contributed by atoms with Gasteiger partial charge in [-0.05, 0) is 13.3 Å². The number of hydrogen-bond acceptors (Lipinski definition) is 4. The highest BCUT2D eigenvalue weighted by Crippen LogP contribution is 2.06. The van der Waals surface area contributed by atoms with Gasteiger partial charge < -0.3 is 5.11 Å². The van der Waals surface area contributed by atoms with Crippen LogP contribution in [-0.2, 0) is 14.1 Å². The Morgan fingerprint density at radius 3 is 2.47 bits per heavy atom. The maximum atomic E-state index is 11.8. The summed E-state index contributed by atoms with van der Waals surface area (Å²) in [7, 11) is 2.77. The summed E-state index contributed by atoms with van der Waals surface area (Å²) in [6, 6.07) is 0.0661. The van der Waals surface area contributed by atoms with Crippen LogP contribution < -0.4 is 11.2 Å². The maximum Gasteiger partial charge on any atom is 0.333 e. The van der Waals surface area contributed by atoms with Gasteiger partial charge in [0.05, 0.1) is 0 Å². The Balaban J connectivity index is 3.41. The number of aromatic hydroxyl groups is 1. The summed E-state index contributed by atoms with van der Waals surface area (Å²) in [5.74, 6) is -0.356. The summed E-state index contributed by atoms with van der Waals surface area (Å²) in [6.45, 7) is 3.88. The first kappa shape index (κ1) is 13.2. The molecule has 1 unspecified atom stereocenters. The summed E-state index contributed by atoms with van der Waals surface area (Å²) in [5.41, 5.74) is -1.07. The third-order valence-electron chi connectivity index (χ3n) is 2.72. The van der Waals surface area contributed by atoms with E-state index in [-0.39, 0.29) is 17.5 Å². The summed E-state index contributed by atoms with van der Waals surface area (Å²) in [4.78, 5) is 27.4. The van der Waals surface area contributed by atoms with Crippen LogP contribution in [0.5, 0.6) is 5.88 Å². The molecule has 6 nitrogen and oxygen atoms in total. The average Bonchev–Trinajstić information content (AvgIpc) is 2.33. The van der Waals surface area contributed by atoms with Crippen LogP contribution in [0.2, 0.25) is 0 Å². The smallest absolute Gasteiger partial charge is 0.333 e. The van der Waals surface area contributed by atoms with Gasteiger partial charge in [0.15, 0.2) is 0 Å². The fourth-order valence-electron chi connectivity index (χ4n) is 1.28. The Kier molecular flexibility index (Phi) is 3.88. The second-order valence-corrected chi connectivity index (χ2v) is 3.98. The normalized spacial score (nSPS) is 13.2. The summed E-state index contributed by atoms with van der Waals surface area (Å²) < 4.78 is 1.96. The van der Waals surface area contributed by atoms with Crippen LogP contribution in [0, 0.1) is 0 Å². The Morgan fingerprint density at radius 1 is 1.35 bits per heavy atom. The predicted molar refractivity (Wildman–Crippen MR) is 65.9 cm³/mol. The molecule has 17 heavy (non-hydrogen) atoms. The largest absolute Gasteiger partial charge is 0.494 e. The van der Waals surface area contributed by atoms with Crippen LogP contribution in [0.25, 0.3) is 0 Å². The molecule has 0 aliphatic carbocycles. The molecule has 0 amide bonds. The van der Waals surface area contributed by atoms with E-state index in [0.717, 1.165) is 15.6 Å². The lowest BCUT2D eigenvalue weighted by atomic mass is 10.2. The fourth-order valence-corrected chi connectivity index (χ4v) is 1.28. The van der Waals surface area contributed by atoms with Crippen molar-refractivity contribution in [1.82, 2.24) is 9.13 Å². The zero-order chi connectivity index (χ0) is 13.2. The molecule has 1 N–H and O–H groups in total. The van der Waals surface area contributed by atoms with E-state index in [2.05, 4.69) is 4.99 Å². The van der Waals surface area contributed by atoms with Gasteiger partial charge in [0, 0.05) is 26.4 Å². The lowest BCUT2D eigenvalue weighted by molar-refractivity contribution is 0.410. The first-order valence-electron chi connectivity index (χ1n) is 5.42. The molecular formula is C11H17N3O3. The molecule has 0 aromatic carbocycles. The Bertz CT molecular complexity index is 554. The number of hydrogen-bond donors (Lipinski definition) is 1. The Labute approximate surface area is 98.9 Å². The molecule has 0 bridgehead atoms. The molecule has 0 spiro atoms. The standard InChI is InChI=1S/C11H17N3O3/c1-5-7(2)12-6-8-9(15)13(3)11(17)14(4)10(8)16/h6-7,15H,5H2,1-4H3. The van der Waals surface area contributed by atoms with Crippen molar-refractivity contribution in [2.75, 3.05) is 0 Å². The third kappa shape index (κ3) is 2.46. The van der Waals surface area contributed by atoms with Crippen LogP contribution >= 0.6 is 0 Å². The van der Waals surface area contributed by atoms with Gasteiger partial charge in [-0.15, -0.1) is 0 Å². The van der Waals surface area contributed by atoms with Crippen molar-refractivity contribution in [1.29, 1.82) is 0 Å². The van der Waals surface area contributed by atoms with Crippen molar-refractivity contribution in [3.05, 3.63) is 26.4 Å². The van der Waals surface area contributed by atoms with Gasteiger partial charge in [-0.2, -0.15) is 0 Å². The van der Waals surface area contributed by atoms with Crippen molar-refractivity contribution in [3.63, 3.8) is 0 Å². The topological polar surface area (TPSA) is 76.6 Å². The van der Waals surface area contributed by atoms with Gasteiger partial charge in [-0.3, -0.25) is 18.9 Å². The minimum atomic E-state index is -0.562. The molecule has 0 aliphatic heterocycles. The number of aliphatic imine (C=N–C) groups is 1. The first-order valence-corrected chi connectivity index (χ1v) is 5.42. The number of aromatic nitrogens is 2. The average molecular weight is 239 g/mol. The van der Waals surface area contributed by atoms with Gasteiger partial charge in [0.2, 0.25) is 5.88 Å². The van der Waals surface area contributed by atoms with E-state index in [4.69, 9.17) is 0 Å². The minimum absolute atomic E-state index is 0.0369. The molecule has 0 fully saturated rings. The van der Waals surface area contributed by atoms with E-state index < -0.39 is 11.2 Å². The molecule has 1 heterocycles. The quantitative estimate of drug-likeness (QED) is 0.755. The SMILES string of the molecule is CCC(C)N=Cc1c(O)n(C)c(=O)n(C)c1=O. The van der Waals surface area contributed by atoms with E-state index >= 15 is 0 Å². The lowest BCUT2D eigenvalue weighted by Crippen LogP contribution is -2.38. The van der Waals surface area contributed by atoms with Crippen LogP contribution in [0.1, 0.15) is 25.8 Å². The van der Waals surface area contributed by atoms with Gasteiger partial charge in [0.25, 0.3) is 5.56 Å². The summed E-state index contributed by atoms with van der Waals surface area (Å²) >= 11 is 0. The second-order valence-electron chi connectivity index (χ2n) is 3.98. The van der Waals surface area contributed by atoms with Crippen LogP contribution in [0.4, 0.5) is 0 Å². The van der Waals surface area contributed by atoms with Crippen molar-refractivity contribution in [2.45, 2.75) is 26.3 Å². The van der Waals surface area contributed by atoms with Crippen molar-refractivity contribution >= 4 is 6.21 Å². The molecule has 94 valence electrons. The van der Waals surface area contributed by atoms with E-state index in [1.165, 1.54) is 20.3 Å². The lowest BCUT2D eigenvalue weighted by Gasteiger charge is -2.07. The van der Waals surface area contributed by atoms with E-state index in [1.54, 1.807) is 0 Å². The maximum absolute atomic E-state index is 11.8. The minimum Gasteiger partial charge on any atom is -0.494 e. The fraction of sp³-hybridized carbons (Fsp3) is 0.545. The molecule has 6 heteroatoms. The Morgan fingerprint density at radius 2 is 1.94 bits per heavy atom. The summed E-state index contributed by atoms with van der Waals surface area (Å²) in [5, 5.41) is 9.73. The van der Waals surface area contributed by atoms with Crippen LogP contribution in [0.3, 0.4) is 0 Å². The summed E-state index contributed by atoms with van der Waals surface area (Å²) in [6.07, 6.45) is 2.16. The number of nitrogens with zero attached hydrogens (tertiary/aromatic N) is 3. The molecule has 0 saturated heterocycles. The van der Waals surface area contributed by atoms with Crippen LogP contribution in [0.15, 0.2) is 14.6 Å². The molecule has 1 atom stereocenters. The third-order valence-corrected chi connectivity index (χ3v) is 2.72. The predicted octanol–water partition coefficient (Wildman–Crippen LogP) is 0.00700. The highest BCUT2D eigenvalue weighted by Gasteiger charge is 2.12. The molecular weight excluding hydrogens is 222 g/mol. The van der Waals surface area contributed by atoms with Gasteiger partial charge in [0.1, 0.15) is 5.56 Å². The van der Waals surface area contributed by atoms with Gasteiger partial charge in [-0.1, -0.05) is 6.92 Å². The zero-order valence-corrected chi connectivity index (χ0v) is 10.5. The molecule has 0 aliphatic rings. The van der Waals surface area contributed by atoms with E-state index in [1.807, 2.05) is 13.8 Å². The molecule has 0 saturated carbocycles. The molecule has 1 rings (SSSR count). The monoisotopic (exact) mass is 239 g/mol. The highest BCUT2D eigenvalue weighted by molar-refractivity contribution is 5.82. The highest BCUT2D eigenvalue weighted by atomic mass is 16.3.